The fourth-order valence-corrected chi connectivity index (χ4v) is 2.89. The molecule has 136 valence electrons. The number of halogens is 1. The molecule has 0 bridgehead atoms. The van der Waals surface area contributed by atoms with Crippen LogP contribution < -0.4 is 10.6 Å². The predicted molar refractivity (Wildman–Crippen MR) is 114 cm³/mol. The molecule has 2 rings (SSSR count). The lowest BCUT2D eigenvalue weighted by Gasteiger charge is -2.33. The molecule has 2 atom stereocenters. The molecule has 0 saturated heterocycles. The monoisotopic (exact) mass is 444 g/mol. The van der Waals surface area contributed by atoms with Crippen LogP contribution in [-0.2, 0) is 13.0 Å². The quantitative estimate of drug-likeness (QED) is 0.402. The zero-order valence-corrected chi connectivity index (χ0v) is 17.8. The summed E-state index contributed by atoms with van der Waals surface area (Å²) >= 11 is 0. The molecule has 1 aliphatic heterocycles. The third kappa shape index (κ3) is 6.24. The van der Waals surface area contributed by atoms with Gasteiger partial charge in [0.2, 0.25) is 0 Å². The third-order valence-corrected chi connectivity index (χ3v) is 4.64. The fraction of sp³-hybridized carbons (Fsp3) is 0.632. The average Bonchev–Trinajstić information content (AvgIpc) is 2.59. The first-order valence-electron chi connectivity index (χ1n) is 8.99. The Kier molecular flexibility index (Phi) is 9.66. The number of nitrogens with one attached hydrogen (secondary N) is 2. The molecular formula is C19H33IN4. The van der Waals surface area contributed by atoms with E-state index in [1.54, 1.807) is 0 Å². The number of guanidine groups is 1. The second kappa shape index (κ2) is 10.9. The van der Waals surface area contributed by atoms with Crippen molar-refractivity contribution in [3.63, 3.8) is 0 Å². The minimum atomic E-state index is 0. The van der Waals surface area contributed by atoms with Crippen LogP contribution in [0.15, 0.2) is 29.3 Å². The van der Waals surface area contributed by atoms with Crippen molar-refractivity contribution in [3.05, 3.63) is 35.4 Å². The van der Waals surface area contributed by atoms with Gasteiger partial charge in [-0.25, -0.2) is 0 Å². The van der Waals surface area contributed by atoms with Gasteiger partial charge in [0, 0.05) is 31.7 Å². The molecule has 0 fully saturated rings. The summed E-state index contributed by atoms with van der Waals surface area (Å²) in [4.78, 5) is 7.33. The number of hydrogen-bond donors (Lipinski definition) is 2. The van der Waals surface area contributed by atoms with E-state index in [1.165, 1.54) is 11.1 Å². The van der Waals surface area contributed by atoms with Gasteiger partial charge in [0.1, 0.15) is 0 Å². The third-order valence-electron chi connectivity index (χ3n) is 4.64. The lowest BCUT2D eigenvalue weighted by Crippen LogP contribution is -2.44. The first-order chi connectivity index (χ1) is 11.1. The van der Waals surface area contributed by atoms with Crippen molar-refractivity contribution < 1.29 is 0 Å². The van der Waals surface area contributed by atoms with Crippen LogP contribution >= 0.6 is 24.0 Å². The Labute approximate surface area is 164 Å². The molecule has 0 radical (unpaired) electrons. The number of fused-ring (bicyclic) bond motifs is 1. The molecule has 0 saturated carbocycles. The zero-order chi connectivity index (χ0) is 16.7. The Bertz CT molecular complexity index is 518. The van der Waals surface area contributed by atoms with E-state index in [1.807, 2.05) is 0 Å². The molecule has 4 nitrogen and oxygen atoms in total. The summed E-state index contributed by atoms with van der Waals surface area (Å²) in [5.41, 5.74) is 2.98. The van der Waals surface area contributed by atoms with Gasteiger partial charge in [0.15, 0.2) is 5.96 Å². The van der Waals surface area contributed by atoms with E-state index < -0.39 is 0 Å². The van der Waals surface area contributed by atoms with Crippen molar-refractivity contribution in [2.45, 2.75) is 59.2 Å². The van der Waals surface area contributed by atoms with Crippen molar-refractivity contribution in [1.82, 2.24) is 15.5 Å². The standard InChI is InChI=1S/C19H32N4.HI/c1-5-15(3)22-19(20-6-2)21-13-16(4)23-12-11-17-9-7-8-10-18(17)14-23;/h7-10,15-16H,5-6,11-14H2,1-4H3,(H2,20,21,22);1H. The number of benzene rings is 1. The first-order valence-corrected chi connectivity index (χ1v) is 8.99. The minimum Gasteiger partial charge on any atom is -0.357 e. The topological polar surface area (TPSA) is 39.7 Å². The molecule has 0 amide bonds. The summed E-state index contributed by atoms with van der Waals surface area (Å²) < 4.78 is 0. The van der Waals surface area contributed by atoms with E-state index in [-0.39, 0.29) is 24.0 Å². The van der Waals surface area contributed by atoms with E-state index >= 15 is 0 Å². The lowest BCUT2D eigenvalue weighted by atomic mass is 9.99. The summed E-state index contributed by atoms with van der Waals surface area (Å²) in [5, 5.41) is 6.80. The minimum absolute atomic E-state index is 0. The Morgan fingerprint density at radius 3 is 2.58 bits per heavy atom. The second-order valence-electron chi connectivity index (χ2n) is 6.51. The number of nitrogens with zero attached hydrogens (tertiary/aromatic N) is 2. The summed E-state index contributed by atoms with van der Waals surface area (Å²) in [6, 6.07) is 9.71. The molecule has 0 aromatic heterocycles. The van der Waals surface area contributed by atoms with E-state index in [0.717, 1.165) is 45.0 Å². The normalized spacial score (nSPS) is 17.4. The first kappa shape index (κ1) is 21.2. The van der Waals surface area contributed by atoms with Gasteiger partial charge in [0.05, 0.1) is 6.54 Å². The van der Waals surface area contributed by atoms with Crippen LogP contribution in [0.5, 0.6) is 0 Å². The van der Waals surface area contributed by atoms with Crippen LogP contribution in [0.3, 0.4) is 0 Å². The van der Waals surface area contributed by atoms with Crippen LogP contribution in [0, 0.1) is 0 Å². The van der Waals surface area contributed by atoms with Crippen molar-refractivity contribution in [2.24, 2.45) is 4.99 Å². The van der Waals surface area contributed by atoms with Gasteiger partial charge in [-0.1, -0.05) is 31.2 Å². The fourth-order valence-electron chi connectivity index (χ4n) is 2.89. The second-order valence-corrected chi connectivity index (χ2v) is 6.51. The number of rotatable bonds is 6. The molecule has 1 heterocycles. The molecular weight excluding hydrogens is 411 g/mol. The Morgan fingerprint density at radius 2 is 1.92 bits per heavy atom. The van der Waals surface area contributed by atoms with Crippen molar-refractivity contribution in [3.8, 4) is 0 Å². The van der Waals surface area contributed by atoms with E-state index in [9.17, 15) is 0 Å². The maximum atomic E-state index is 4.79. The van der Waals surface area contributed by atoms with Crippen molar-refractivity contribution >= 4 is 29.9 Å². The average molecular weight is 444 g/mol. The van der Waals surface area contributed by atoms with Gasteiger partial charge >= 0.3 is 0 Å². The van der Waals surface area contributed by atoms with Crippen LogP contribution in [0.1, 0.15) is 45.2 Å². The maximum Gasteiger partial charge on any atom is 0.191 e. The highest BCUT2D eigenvalue weighted by Gasteiger charge is 2.20. The van der Waals surface area contributed by atoms with Gasteiger partial charge in [-0.2, -0.15) is 0 Å². The largest absolute Gasteiger partial charge is 0.357 e. The van der Waals surface area contributed by atoms with Gasteiger partial charge in [-0.15, -0.1) is 24.0 Å². The van der Waals surface area contributed by atoms with Crippen molar-refractivity contribution in [2.75, 3.05) is 19.6 Å². The number of hydrogen-bond acceptors (Lipinski definition) is 2. The molecule has 1 aromatic rings. The summed E-state index contributed by atoms with van der Waals surface area (Å²) in [6.45, 7) is 12.7. The van der Waals surface area contributed by atoms with E-state index in [4.69, 9.17) is 4.99 Å². The molecule has 5 heteroatoms. The van der Waals surface area contributed by atoms with Crippen LogP contribution in [0.2, 0.25) is 0 Å². The van der Waals surface area contributed by atoms with Crippen LogP contribution in [-0.4, -0.2) is 42.6 Å². The maximum absolute atomic E-state index is 4.79. The predicted octanol–water partition coefficient (Wildman–Crippen LogP) is 3.40. The number of aliphatic imine (C=N–C) groups is 1. The Balaban J connectivity index is 0.00000288. The highest BCUT2D eigenvalue weighted by atomic mass is 127. The molecule has 0 aliphatic carbocycles. The molecule has 0 spiro atoms. The zero-order valence-electron chi connectivity index (χ0n) is 15.5. The summed E-state index contributed by atoms with van der Waals surface area (Å²) in [5.74, 6) is 0.936. The highest BCUT2D eigenvalue weighted by molar-refractivity contribution is 14.0. The Hall–Kier alpha value is -0.820. The lowest BCUT2D eigenvalue weighted by molar-refractivity contribution is 0.195. The summed E-state index contributed by atoms with van der Waals surface area (Å²) in [7, 11) is 0. The van der Waals surface area contributed by atoms with Crippen LogP contribution in [0.25, 0.3) is 0 Å². The summed E-state index contributed by atoms with van der Waals surface area (Å²) in [6.07, 6.45) is 2.25. The smallest absolute Gasteiger partial charge is 0.191 e. The Morgan fingerprint density at radius 1 is 1.21 bits per heavy atom. The molecule has 2 N–H and O–H groups in total. The molecule has 24 heavy (non-hydrogen) atoms. The molecule has 2 unspecified atom stereocenters. The van der Waals surface area contributed by atoms with Crippen molar-refractivity contribution in [1.29, 1.82) is 0 Å². The molecule has 1 aromatic carbocycles. The SMILES string of the molecule is CCNC(=NCC(C)N1CCc2ccccc2C1)NC(C)CC.I. The van der Waals surface area contributed by atoms with Gasteiger partial charge in [-0.05, 0) is 44.7 Å². The van der Waals surface area contributed by atoms with E-state index in [2.05, 4.69) is 67.5 Å². The van der Waals surface area contributed by atoms with Crippen LogP contribution in [0.4, 0.5) is 0 Å². The van der Waals surface area contributed by atoms with E-state index in [0.29, 0.717) is 12.1 Å². The van der Waals surface area contributed by atoms with Gasteiger partial charge in [0.25, 0.3) is 0 Å². The van der Waals surface area contributed by atoms with Gasteiger partial charge in [-0.3, -0.25) is 9.89 Å². The molecule has 1 aliphatic rings. The van der Waals surface area contributed by atoms with Gasteiger partial charge < -0.3 is 10.6 Å². The highest BCUT2D eigenvalue weighted by Crippen LogP contribution is 2.20.